The van der Waals surface area contributed by atoms with Crippen LogP contribution in [0.4, 0.5) is 5.82 Å². The van der Waals surface area contributed by atoms with E-state index in [1.807, 2.05) is 0 Å². The summed E-state index contributed by atoms with van der Waals surface area (Å²) in [5.74, 6) is 1.07. The van der Waals surface area contributed by atoms with Crippen molar-refractivity contribution in [1.82, 2.24) is 19.5 Å². The number of nitrogens with zero attached hydrogens (tertiary/aromatic N) is 4. The molecule has 10 heteroatoms. The van der Waals surface area contributed by atoms with Gasteiger partial charge in [-0.25, -0.2) is 15.0 Å². The van der Waals surface area contributed by atoms with Gasteiger partial charge in [0.15, 0.2) is 28.4 Å². The molecule has 0 unspecified atom stereocenters. The van der Waals surface area contributed by atoms with Gasteiger partial charge in [0.25, 0.3) is 0 Å². The van der Waals surface area contributed by atoms with Crippen LogP contribution in [0.1, 0.15) is 26.0 Å². The summed E-state index contributed by atoms with van der Waals surface area (Å²) in [4.78, 5) is 12.6. The summed E-state index contributed by atoms with van der Waals surface area (Å²) in [6, 6.07) is 0. The van der Waals surface area contributed by atoms with Crippen LogP contribution in [0.5, 0.6) is 0 Å². The molecule has 1 fully saturated rings. The van der Waals surface area contributed by atoms with E-state index in [4.69, 9.17) is 10.5 Å². The van der Waals surface area contributed by atoms with Gasteiger partial charge in [-0.2, -0.15) is 0 Å². The Morgan fingerprint density at radius 3 is 2.79 bits per heavy atom. The third-order valence-electron chi connectivity index (χ3n) is 3.97. The topological polar surface area (TPSA) is 140 Å². The molecule has 24 heavy (non-hydrogen) atoms. The highest BCUT2D eigenvalue weighted by Crippen LogP contribution is 2.36. The van der Waals surface area contributed by atoms with E-state index in [1.54, 1.807) is 4.57 Å². The van der Waals surface area contributed by atoms with Crippen molar-refractivity contribution < 1.29 is 20.1 Å². The zero-order chi connectivity index (χ0) is 17.3. The SMILES string of the molecule is CCCCSc1nc2c(N)ncnc2n1[C@@H]1O[C@H](CO)[C@@H](O)[C@H]1O. The minimum absolute atomic E-state index is 0.239. The smallest absolute Gasteiger partial charge is 0.172 e. The first-order valence-corrected chi connectivity index (χ1v) is 8.80. The molecule has 0 aliphatic carbocycles. The van der Waals surface area contributed by atoms with E-state index in [-0.39, 0.29) is 5.82 Å². The Labute approximate surface area is 142 Å². The lowest BCUT2D eigenvalue weighted by atomic mass is 10.1. The molecule has 1 aliphatic rings. The van der Waals surface area contributed by atoms with Crippen LogP contribution in [0.3, 0.4) is 0 Å². The number of unbranched alkanes of at least 4 members (excludes halogenated alkanes) is 1. The Morgan fingerprint density at radius 2 is 2.12 bits per heavy atom. The summed E-state index contributed by atoms with van der Waals surface area (Å²) in [5, 5.41) is 30.2. The number of hydrogen-bond donors (Lipinski definition) is 4. The summed E-state index contributed by atoms with van der Waals surface area (Å²) in [7, 11) is 0. The molecule has 3 heterocycles. The lowest BCUT2D eigenvalue weighted by molar-refractivity contribution is -0.0548. The van der Waals surface area contributed by atoms with Crippen LogP contribution in [0.25, 0.3) is 11.2 Å². The zero-order valence-electron chi connectivity index (χ0n) is 13.2. The largest absolute Gasteiger partial charge is 0.394 e. The van der Waals surface area contributed by atoms with E-state index in [2.05, 4.69) is 21.9 Å². The van der Waals surface area contributed by atoms with Gasteiger partial charge in [-0.15, -0.1) is 0 Å². The lowest BCUT2D eigenvalue weighted by Crippen LogP contribution is -2.33. The molecule has 9 nitrogen and oxygen atoms in total. The first kappa shape index (κ1) is 17.4. The van der Waals surface area contributed by atoms with Gasteiger partial charge in [0, 0.05) is 5.75 Å². The Kier molecular flexibility index (Phi) is 5.21. The molecular weight excluding hydrogens is 334 g/mol. The molecule has 3 rings (SSSR count). The number of ether oxygens (including phenoxy) is 1. The van der Waals surface area contributed by atoms with Crippen molar-refractivity contribution in [2.24, 2.45) is 0 Å². The molecule has 1 saturated heterocycles. The lowest BCUT2D eigenvalue weighted by Gasteiger charge is -2.19. The minimum Gasteiger partial charge on any atom is -0.394 e. The Balaban J connectivity index is 2.04. The third kappa shape index (κ3) is 2.95. The summed E-state index contributed by atoms with van der Waals surface area (Å²) in [6.07, 6.45) is -0.798. The van der Waals surface area contributed by atoms with Crippen LogP contribution in [-0.2, 0) is 4.74 Å². The van der Waals surface area contributed by atoms with Gasteiger partial charge < -0.3 is 25.8 Å². The van der Waals surface area contributed by atoms with Crippen LogP contribution in [0.2, 0.25) is 0 Å². The van der Waals surface area contributed by atoms with Gasteiger partial charge >= 0.3 is 0 Å². The van der Waals surface area contributed by atoms with Crippen molar-refractivity contribution >= 4 is 28.7 Å². The fourth-order valence-electron chi connectivity index (χ4n) is 2.64. The number of anilines is 1. The highest BCUT2D eigenvalue weighted by molar-refractivity contribution is 7.99. The average Bonchev–Trinajstić information content (AvgIpc) is 3.07. The number of aliphatic hydroxyl groups excluding tert-OH is 3. The maximum absolute atomic E-state index is 10.3. The number of aliphatic hydroxyl groups is 3. The molecule has 132 valence electrons. The zero-order valence-corrected chi connectivity index (χ0v) is 14.1. The average molecular weight is 355 g/mol. The van der Waals surface area contributed by atoms with Crippen molar-refractivity contribution in [3.8, 4) is 0 Å². The molecule has 0 aromatic carbocycles. The number of aromatic nitrogens is 4. The molecule has 2 aromatic rings. The molecule has 5 N–H and O–H groups in total. The monoisotopic (exact) mass is 355 g/mol. The van der Waals surface area contributed by atoms with Gasteiger partial charge in [0.05, 0.1) is 6.61 Å². The molecule has 0 radical (unpaired) electrons. The Hall–Kier alpha value is -1.46. The maximum Gasteiger partial charge on any atom is 0.172 e. The van der Waals surface area contributed by atoms with Crippen LogP contribution >= 0.6 is 11.8 Å². The van der Waals surface area contributed by atoms with E-state index in [9.17, 15) is 15.3 Å². The summed E-state index contributed by atoms with van der Waals surface area (Å²) in [5.41, 5.74) is 6.73. The van der Waals surface area contributed by atoms with Gasteiger partial charge in [0.2, 0.25) is 0 Å². The minimum atomic E-state index is -1.21. The number of nitrogen functional groups attached to an aromatic ring is 1. The first-order valence-electron chi connectivity index (χ1n) is 7.82. The number of rotatable bonds is 6. The highest BCUT2D eigenvalue weighted by atomic mass is 32.2. The fourth-order valence-corrected chi connectivity index (χ4v) is 3.74. The first-order chi connectivity index (χ1) is 11.6. The molecule has 0 spiro atoms. The third-order valence-corrected chi connectivity index (χ3v) is 5.01. The van der Waals surface area contributed by atoms with Gasteiger partial charge in [-0.1, -0.05) is 25.1 Å². The molecule has 2 aromatic heterocycles. The molecule has 4 atom stereocenters. The van der Waals surface area contributed by atoms with E-state index < -0.39 is 31.1 Å². The number of hydrogen-bond acceptors (Lipinski definition) is 9. The number of thioether (sulfide) groups is 1. The fraction of sp³-hybridized carbons (Fsp3) is 0.643. The predicted molar refractivity (Wildman–Crippen MR) is 88.4 cm³/mol. The van der Waals surface area contributed by atoms with Gasteiger partial charge in [-0.05, 0) is 6.42 Å². The second-order valence-corrected chi connectivity index (χ2v) is 6.69. The van der Waals surface area contributed by atoms with Crippen molar-refractivity contribution in [2.75, 3.05) is 18.1 Å². The Bertz CT molecular complexity index is 712. The number of nitrogens with two attached hydrogens (primary N) is 1. The second kappa shape index (κ2) is 7.19. The Morgan fingerprint density at radius 1 is 1.33 bits per heavy atom. The van der Waals surface area contributed by atoms with E-state index in [1.165, 1.54) is 18.1 Å². The van der Waals surface area contributed by atoms with E-state index in [0.717, 1.165) is 18.6 Å². The van der Waals surface area contributed by atoms with E-state index >= 15 is 0 Å². The second-order valence-electron chi connectivity index (χ2n) is 5.63. The van der Waals surface area contributed by atoms with Crippen molar-refractivity contribution in [3.63, 3.8) is 0 Å². The highest BCUT2D eigenvalue weighted by Gasteiger charge is 2.45. The molecule has 0 bridgehead atoms. The molecule has 0 saturated carbocycles. The summed E-state index contributed by atoms with van der Waals surface area (Å²) >= 11 is 1.50. The molecule has 1 aliphatic heterocycles. The quantitative estimate of drug-likeness (QED) is 0.413. The summed E-state index contributed by atoms with van der Waals surface area (Å²) in [6.45, 7) is 1.70. The predicted octanol–water partition coefficient (Wildman–Crippen LogP) is -0.0878. The van der Waals surface area contributed by atoms with Gasteiger partial charge in [-0.3, -0.25) is 4.57 Å². The van der Waals surface area contributed by atoms with Crippen LogP contribution < -0.4 is 5.73 Å². The summed E-state index contributed by atoms with van der Waals surface area (Å²) < 4.78 is 7.26. The number of imidazole rings is 1. The van der Waals surface area contributed by atoms with Crippen molar-refractivity contribution in [3.05, 3.63) is 6.33 Å². The van der Waals surface area contributed by atoms with E-state index in [0.29, 0.717) is 16.3 Å². The van der Waals surface area contributed by atoms with Crippen molar-refractivity contribution in [2.45, 2.75) is 49.5 Å². The maximum atomic E-state index is 10.3. The molecular formula is C14H21N5O4S. The number of fused-ring (bicyclic) bond motifs is 1. The van der Waals surface area contributed by atoms with Crippen LogP contribution in [0, 0.1) is 0 Å². The standard InChI is InChI=1S/C14H21N5O4S/c1-2-3-4-24-14-18-8-11(15)16-6-17-12(8)19(14)13-10(22)9(21)7(5-20)23-13/h6-7,9-10,13,20-22H,2-5H2,1H3,(H2,15,16,17)/t7-,9-,10-,13-/m1/s1. The van der Waals surface area contributed by atoms with Crippen molar-refractivity contribution in [1.29, 1.82) is 0 Å². The van der Waals surface area contributed by atoms with Crippen LogP contribution in [-0.4, -0.2) is 65.5 Å². The normalized spacial score (nSPS) is 27.2. The molecule has 0 amide bonds. The van der Waals surface area contributed by atoms with Gasteiger partial charge in [0.1, 0.15) is 24.6 Å². The van der Waals surface area contributed by atoms with Crippen LogP contribution in [0.15, 0.2) is 11.5 Å².